The number of aliphatic hydroxyl groups is 1. The van der Waals surface area contributed by atoms with Gasteiger partial charge in [0.15, 0.2) is 0 Å². The van der Waals surface area contributed by atoms with E-state index in [9.17, 15) is 5.11 Å². The summed E-state index contributed by atoms with van der Waals surface area (Å²) in [4.78, 5) is 0. The van der Waals surface area contributed by atoms with Gasteiger partial charge in [-0.2, -0.15) is 0 Å². The zero-order valence-corrected chi connectivity index (χ0v) is 11.6. The van der Waals surface area contributed by atoms with Crippen LogP contribution in [0, 0.1) is 0 Å². The minimum absolute atomic E-state index is 0.532. The fourth-order valence-electron chi connectivity index (χ4n) is 1.46. The van der Waals surface area contributed by atoms with E-state index < -0.39 is 5.60 Å². The monoisotopic (exact) mass is 224 g/mol. The zero-order valence-electron chi connectivity index (χ0n) is 11.6. The standard InChI is InChI=1S/C15H28O/c1-6-13(2)9-7-10-14(3)11-8-12-15(4,5)16/h9,11,16H,6-8,10,12H2,1-5H3. The van der Waals surface area contributed by atoms with Crippen LogP contribution in [0.15, 0.2) is 23.3 Å². The molecule has 0 aliphatic rings. The van der Waals surface area contributed by atoms with Crippen LogP contribution < -0.4 is 0 Å². The predicted molar refractivity (Wildman–Crippen MR) is 72.6 cm³/mol. The molecule has 94 valence electrons. The molecule has 0 radical (unpaired) electrons. The summed E-state index contributed by atoms with van der Waals surface area (Å²) in [6.07, 6.45) is 9.84. The quantitative estimate of drug-likeness (QED) is 0.626. The van der Waals surface area contributed by atoms with Crippen molar-refractivity contribution in [2.24, 2.45) is 0 Å². The molecule has 0 atom stereocenters. The molecule has 16 heavy (non-hydrogen) atoms. The molecule has 0 aliphatic heterocycles. The van der Waals surface area contributed by atoms with Crippen LogP contribution in [0.1, 0.15) is 66.7 Å². The normalized spacial score (nSPS) is 14.4. The van der Waals surface area contributed by atoms with E-state index in [1.54, 1.807) is 0 Å². The lowest BCUT2D eigenvalue weighted by molar-refractivity contribution is 0.0721. The fourth-order valence-corrected chi connectivity index (χ4v) is 1.46. The maximum absolute atomic E-state index is 9.57. The Hall–Kier alpha value is -0.560. The second-order valence-electron chi connectivity index (χ2n) is 5.34. The molecule has 1 N–H and O–H groups in total. The van der Waals surface area contributed by atoms with Gasteiger partial charge in [-0.15, -0.1) is 0 Å². The Balaban J connectivity index is 3.80. The van der Waals surface area contributed by atoms with E-state index in [2.05, 4.69) is 32.9 Å². The molecule has 0 aromatic heterocycles. The highest BCUT2D eigenvalue weighted by Crippen LogP contribution is 2.14. The predicted octanol–water partition coefficient (Wildman–Crippen LogP) is 4.62. The maximum atomic E-state index is 9.57. The van der Waals surface area contributed by atoms with E-state index in [1.807, 2.05) is 13.8 Å². The molecular formula is C15H28O. The van der Waals surface area contributed by atoms with Crippen molar-refractivity contribution in [3.8, 4) is 0 Å². The van der Waals surface area contributed by atoms with Crippen LogP contribution >= 0.6 is 0 Å². The highest BCUT2D eigenvalue weighted by atomic mass is 16.3. The first kappa shape index (κ1) is 15.4. The Labute approximate surface area is 101 Å². The molecule has 0 amide bonds. The van der Waals surface area contributed by atoms with Crippen molar-refractivity contribution < 1.29 is 5.11 Å². The Morgan fingerprint density at radius 1 is 1.06 bits per heavy atom. The van der Waals surface area contributed by atoms with Crippen molar-refractivity contribution in [2.75, 3.05) is 0 Å². The number of allylic oxidation sites excluding steroid dienone is 4. The fraction of sp³-hybridized carbons (Fsp3) is 0.733. The van der Waals surface area contributed by atoms with Crippen molar-refractivity contribution in [1.29, 1.82) is 0 Å². The van der Waals surface area contributed by atoms with Gasteiger partial charge in [-0.3, -0.25) is 0 Å². The SMILES string of the molecule is CCC(C)=CCCC(C)=CCCC(C)(C)O. The molecule has 0 fully saturated rings. The summed E-state index contributed by atoms with van der Waals surface area (Å²) in [5.41, 5.74) is 2.38. The Bertz CT molecular complexity index is 241. The van der Waals surface area contributed by atoms with Crippen molar-refractivity contribution in [1.82, 2.24) is 0 Å². The van der Waals surface area contributed by atoms with Gasteiger partial charge in [-0.05, 0) is 59.8 Å². The summed E-state index contributed by atoms with van der Waals surface area (Å²) in [6, 6.07) is 0. The van der Waals surface area contributed by atoms with Crippen molar-refractivity contribution in [3.05, 3.63) is 23.3 Å². The summed E-state index contributed by atoms with van der Waals surface area (Å²) < 4.78 is 0. The average molecular weight is 224 g/mol. The minimum atomic E-state index is -0.532. The van der Waals surface area contributed by atoms with Crippen LogP contribution in [0.5, 0.6) is 0 Å². The van der Waals surface area contributed by atoms with Crippen molar-refractivity contribution in [2.45, 2.75) is 72.3 Å². The van der Waals surface area contributed by atoms with E-state index in [0.29, 0.717) is 0 Å². The molecule has 0 aromatic rings. The lowest BCUT2D eigenvalue weighted by Gasteiger charge is -2.15. The summed E-state index contributed by atoms with van der Waals surface area (Å²) in [5.74, 6) is 0. The van der Waals surface area contributed by atoms with E-state index in [1.165, 1.54) is 11.1 Å². The molecule has 0 saturated heterocycles. The van der Waals surface area contributed by atoms with Crippen LogP contribution in [-0.2, 0) is 0 Å². The third-order valence-corrected chi connectivity index (χ3v) is 2.84. The lowest BCUT2D eigenvalue weighted by Crippen LogP contribution is -2.17. The van der Waals surface area contributed by atoms with Crippen molar-refractivity contribution >= 4 is 0 Å². The lowest BCUT2D eigenvalue weighted by atomic mass is 10.0. The number of hydrogen-bond acceptors (Lipinski definition) is 1. The van der Waals surface area contributed by atoms with Gasteiger partial charge in [0.05, 0.1) is 5.60 Å². The summed E-state index contributed by atoms with van der Waals surface area (Å²) in [5, 5.41) is 9.57. The Kier molecular flexibility index (Phi) is 7.40. The zero-order chi connectivity index (χ0) is 12.6. The Morgan fingerprint density at radius 3 is 2.12 bits per heavy atom. The maximum Gasteiger partial charge on any atom is 0.0594 e. The van der Waals surface area contributed by atoms with Gasteiger partial charge >= 0.3 is 0 Å². The topological polar surface area (TPSA) is 20.2 Å². The molecular weight excluding hydrogens is 196 g/mol. The van der Waals surface area contributed by atoms with Crippen LogP contribution in [-0.4, -0.2) is 10.7 Å². The largest absolute Gasteiger partial charge is 0.390 e. The summed E-state index contributed by atoms with van der Waals surface area (Å²) in [7, 11) is 0. The number of hydrogen-bond donors (Lipinski definition) is 1. The first-order chi connectivity index (χ1) is 7.35. The van der Waals surface area contributed by atoms with Crippen LogP contribution in [0.25, 0.3) is 0 Å². The minimum Gasteiger partial charge on any atom is -0.390 e. The first-order valence-electron chi connectivity index (χ1n) is 6.39. The van der Waals surface area contributed by atoms with Gasteiger partial charge in [0.25, 0.3) is 0 Å². The highest BCUT2D eigenvalue weighted by molar-refractivity contribution is 5.03. The van der Waals surface area contributed by atoms with Gasteiger partial charge in [0.1, 0.15) is 0 Å². The molecule has 0 heterocycles. The molecule has 0 rings (SSSR count). The van der Waals surface area contributed by atoms with Gasteiger partial charge in [-0.25, -0.2) is 0 Å². The number of rotatable bonds is 7. The molecule has 1 heteroatoms. The summed E-state index contributed by atoms with van der Waals surface area (Å²) >= 11 is 0. The molecule has 0 aromatic carbocycles. The molecule has 1 nitrogen and oxygen atoms in total. The van der Waals surface area contributed by atoms with Gasteiger partial charge in [-0.1, -0.05) is 30.2 Å². The first-order valence-corrected chi connectivity index (χ1v) is 6.39. The molecule has 0 saturated carbocycles. The molecule has 0 spiro atoms. The van der Waals surface area contributed by atoms with Gasteiger partial charge < -0.3 is 5.11 Å². The van der Waals surface area contributed by atoms with E-state index in [-0.39, 0.29) is 0 Å². The smallest absolute Gasteiger partial charge is 0.0594 e. The van der Waals surface area contributed by atoms with Gasteiger partial charge in [0, 0.05) is 0 Å². The third kappa shape index (κ3) is 9.97. The van der Waals surface area contributed by atoms with Crippen LogP contribution in [0.2, 0.25) is 0 Å². The second-order valence-corrected chi connectivity index (χ2v) is 5.34. The Morgan fingerprint density at radius 2 is 1.62 bits per heavy atom. The molecule has 0 aliphatic carbocycles. The average Bonchev–Trinajstić information content (AvgIpc) is 2.15. The molecule has 0 unspecified atom stereocenters. The molecule has 0 bridgehead atoms. The van der Waals surface area contributed by atoms with E-state index in [4.69, 9.17) is 0 Å². The van der Waals surface area contributed by atoms with Crippen molar-refractivity contribution in [3.63, 3.8) is 0 Å². The van der Waals surface area contributed by atoms with E-state index >= 15 is 0 Å². The highest BCUT2D eigenvalue weighted by Gasteiger charge is 2.09. The third-order valence-electron chi connectivity index (χ3n) is 2.84. The van der Waals surface area contributed by atoms with Gasteiger partial charge in [0.2, 0.25) is 0 Å². The van der Waals surface area contributed by atoms with Crippen LogP contribution in [0.3, 0.4) is 0 Å². The second kappa shape index (κ2) is 7.67. The summed E-state index contributed by atoms with van der Waals surface area (Å²) in [6.45, 7) is 10.3. The van der Waals surface area contributed by atoms with Crippen LogP contribution in [0.4, 0.5) is 0 Å². The van der Waals surface area contributed by atoms with E-state index in [0.717, 1.165) is 32.1 Å².